The van der Waals surface area contributed by atoms with E-state index < -0.39 is 0 Å². The Morgan fingerprint density at radius 1 is 1.45 bits per heavy atom. The van der Waals surface area contributed by atoms with Crippen LogP contribution in [0.3, 0.4) is 0 Å². The van der Waals surface area contributed by atoms with Crippen LogP contribution in [0.15, 0.2) is 22.7 Å². The summed E-state index contributed by atoms with van der Waals surface area (Å²) in [6, 6.07) is 6.52. The van der Waals surface area contributed by atoms with E-state index in [0.717, 1.165) is 35.6 Å². The fraction of sp³-hybridized carbons (Fsp3) is 0.600. The first kappa shape index (κ1) is 16.2. The van der Waals surface area contributed by atoms with E-state index in [-0.39, 0.29) is 12.1 Å². The molecule has 0 aromatic heterocycles. The van der Waals surface area contributed by atoms with Crippen LogP contribution in [-0.4, -0.2) is 37.7 Å². The zero-order valence-electron chi connectivity index (χ0n) is 11.8. The normalized spacial score (nSPS) is 24.6. The van der Waals surface area contributed by atoms with Crippen LogP contribution in [-0.2, 0) is 4.74 Å². The molecule has 2 rings (SSSR count). The summed E-state index contributed by atoms with van der Waals surface area (Å²) >= 11 is 9.69. The van der Waals surface area contributed by atoms with Crippen molar-refractivity contribution < 1.29 is 4.74 Å². The van der Waals surface area contributed by atoms with E-state index in [2.05, 4.69) is 26.9 Å². The van der Waals surface area contributed by atoms with E-state index in [1.54, 1.807) is 7.11 Å². The average Bonchev–Trinajstić information content (AvgIpc) is 2.61. The van der Waals surface area contributed by atoms with Gasteiger partial charge in [-0.15, -0.1) is 0 Å². The number of hydrogen-bond acceptors (Lipinski definition) is 3. The van der Waals surface area contributed by atoms with Crippen molar-refractivity contribution in [1.82, 2.24) is 4.90 Å². The van der Waals surface area contributed by atoms with Crippen molar-refractivity contribution in [3.63, 3.8) is 0 Å². The number of halogens is 2. The molecular formula is C15H22BrClN2O. The Morgan fingerprint density at radius 2 is 2.25 bits per heavy atom. The standard InChI is InChI=1S/C15H22BrClN2O/c1-20-9-8-19-7-3-2-4-14(18)15(19)11-5-6-12(16)13(17)10-11/h5-6,10,14-15H,2-4,7-9,18H2,1H3. The number of ether oxygens (including phenoxy) is 1. The van der Waals surface area contributed by atoms with Crippen molar-refractivity contribution in [1.29, 1.82) is 0 Å². The summed E-state index contributed by atoms with van der Waals surface area (Å²) in [6.45, 7) is 2.70. The van der Waals surface area contributed by atoms with Crippen LogP contribution in [0.5, 0.6) is 0 Å². The average molecular weight is 362 g/mol. The highest BCUT2D eigenvalue weighted by atomic mass is 79.9. The minimum atomic E-state index is 0.145. The van der Waals surface area contributed by atoms with Crippen LogP contribution in [0.1, 0.15) is 30.9 Å². The van der Waals surface area contributed by atoms with Crippen LogP contribution >= 0.6 is 27.5 Å². The fourth-order valence-corrected chi connectivity index (χ4v) is 3.31. The van der Waals surface area contributed by atoms with Gasteiger partial charge in [-0.05, 0) is 53.0 Å². The van der Waals surface area contributed by atoms with Crippen LogP contribution in [0, 0.1) is 0 Å². The molecular weight excluding hydrogens is 340 g/mol. The Kier molecular flexibility index (Phi) is 6.30. The minimum Gasteiger partial charge on any atom is -0.383 e. The van der Waals surface area contributed by atoms with Crippen LogP contribution < -0.4 is 5.73 Å². The molecule has 1 aliphatic heterocycles. The highest BCUT2D eigenvalue weighted by molar-refractivity contribution is 9.10. The van der Waals surface area contributed by atoms with E-state index in [1.165, 1.54) is 18.4 Å². The molecule has 112 valence electrons. The summed E-state index contributed by atoms with van der Waals surface area (Å²) in [5.41, 5.74) is 7.62. The molecule has 1 heterocycles. The van der Waals surface area contributed by atoms with Gasteiger partial charge in [0.1, 0.15) is 0 Å². The van der Waals surface area contributed by atoms with Gasteiger partial charge in [-0.1, -0.05) is 24.1 Å². The number of likely N-dealkylation sites (tertiary alicyclic amines) is 1. The molecule has 2 atom stereocenters. The van der Waals surface area contributed by atoms with Gasteiger partial charge in [-0.2, -0.15) is 0 Å². The van der Waals surface area contributed by atoms with Gasteiger partial charge in [0.15, 0.2) is 0 Å². The van der Waals surface area contributed by atoms with Gasteiger partial charge in [0.25, 0.3) is 0 Å². The van der Waals surface area contributed by atoms with Gasteiger partial charge in [-0.3, -0.25) is 4.90 Å². The molecule has 0 bridgehead atoms. The summed E-state index contributed by atoms with van der Waals surface area (Å²) in [5.74, 6) is 0. The quantitative estimate of drug-likeness (QED) is 0.890. The van der Waals surface area contributed by atoms with Crippen molar-refractivity contribution in [3.05, 3.63) is 33.3 Å². The molecule has 2 N–H and O–H groups in total. The van der Waals surface area contributed by atoms with E-state index in [9.17, 15) is 0 Å². The predicted octanol–water partition coefficient (Wildman–Crippen LogP) is 3.60. The second kappa shape index (κ2) is 7.76. The third-order valence-electron chi connectivity index (χ3n) is 3.90. The maximum atomic E-state index is 6.42. The van der Waals surface area contributed by atoms with Gasteiger partial charge in [0.2, 0.25) is 0 Å². The van der Waals surface area contributed by atoms with E-state index in [4.69, 9.17) is 22.1 Å². The Labute approximate surface area is 134 Å². The predicted molar refractivity (Wildman–Crippen MR) is 87.2 cm³/mol. The van der Waals surface area contributed by atoms with Gasteiger partial charge < -0.3 is 10.5 Å². The van der Waals surface area contributed by atoms with Gasteiger partial charge in [-0.25, -0.2) is 0 Å². The molecule has 0 amide bonds. The number of rotatable bonds is 4. The van der Waals surface area contributed by atoms with Gasteiger partial charge in [0.05, 0.1) is 17.7 Å². The third-order valence-corrected chi connectivity index (χ3v) is 5.13. The smallest absolute Gasteiger partial charge is 0.0589 e. The maximum Gasteiger partial charge on any atom is 0.0589 e. The molecule has 20 heavy (non-hydrogen) atoms. The van der Waals surface area contributed by atoms with E-state index in [1.807, 2.05) is 12.1 Å². The molecule has 2 unspecified atom stereocenters. The first-order chi connectivity index (χ1) is 9.63. The molecule has 1 aromatic rings. The Hall–Kier alpha value is -0.130. The van der Waals surface area contributed by atoms with Crippen molar-refractivity contribution in [2.45, 2.75) is 31.3 Å². The number of nitrogens with two attached hydrogens (primary N) is 1. The Bertz CT molecular complexity index is 444. The molecule has 0 radical (unpaired) electrons. The Morgan fingerprint density at radius 3 is 2.95 bits per heavy atom. The molecule has 5 heteroatoms. The maximum absolute atomic E-state index is 6.42. The summed E-state index contributed by atoms with van der Waals surface area (Å²) in [7, 11) is 1.74. The van der Waals surface area contributed by atoms with Crippen molar-refractivity contribution in [3.8, 4) is 0 Å². The lowest BCUT2D eigenvalue weighted by Crippen LogP contribution is -2.41. The summed E-state index contributed by atoms with van der Waals surface area (Å²) in [5, 5.41) is 0.741. The third kappa shape index (κ3) is 3.95. The molecule has 1 aliphatic rings. The molecule has 0 saturated carbocycles. The monoisotopic (exact) mass is 360 g/mol. The molecule has 0 aliphatic carbocycles. The number of benzene rings is 1. The lowest BCUT2D eigenvalue weighted by atomic mass is 9.96. The molecule has 1 aromatic carbocycles. The van der Waals surface area contributed by atoms with Crippen molar-refractivity contribution >= 4 is 27.5 Å². The topological polar surface area (TPSA) is 38.5 Å². The van der Waals surface area contributed by atoms with Crippen LogP contribution in [0.25, 0.3) is 0 Å². The lowest BCUT2D eigenvalue weighted by Gasteiger charge is -2.33. The highest BCUT2D eigenvalue weighted by Crippen LogP contribution is 2.33. The molecule has 1 fully saturated rings. The number of hydrogen-bond donors (Lipinski definition) is 1. The van der Waals surface area contributed by atoms with Gasteiger partial charge in [0, 0.05) is 24.2 Å². The van der Waals surface area contributed by atoms with E-state index in [0.29, 0.717) is 0 Å². The van der Waals surface area contributed by atoms with Crippen LogP contribution in [0.4, 0.5) is 0 Å². The van der Waals surface area contributed by atoms with Crippen molar-refractivity contribution in [2.24, 2.45) is 5.73 Å². The minimum absolute atomic E-state index is 0.145. The second-order valence-corrected chi connectivity index (χ2v) is 6.57. The zero-order valence-corrected chi connectivity index (χ0v) is 14.2. The molecule has 0 spiro atoms. The second-order valence-electron chi connectivity index (χ2n) is 5.31. The summed E-state index contributed by atoms with van der Waals surface area (Å²) < 4.78 is 6.16. The number of nitrogens with zero attached hydrogens (tertiary/aromatic N) is 1. The van der Waals surface area contributed by atoms with E-state index >= 15 is 0 Å². The largest absolute Gasteiger partial charge is 0.383 e. The molecule has 3 nitrogen and oxygen atoms in total. The SMILES string of the molecule is COCCN1CCCCC(N)C1c1ccc(Br)c(Cl)c1. The zero-order chi connectivity index (χ0) is 14.5. The summed E-state index contributed by atoms with van der Waals surface area (Å²) in [6.07, 6.45) is 3.44. The molecule has 1 saturated heterocycles. The Balaban J connectivity index is 2.26. The highest BCUT2D eigenvalue weighted by Gasteiger charge is 2.28. The first-order valence-corrected chi connectivity index (χ1v) is 8.24. The summed E-state index contributed by atoms with van der Waals surface area (Å²) in [4.78, 5) is 2.43. The number of methoxy groups -OCH3 is 1. The first-order valence-electron chi connectivity index (χ1n) is 7.07. The van der Waals surface area contributed by atoms with Crippen molar-refractivity contribution in [2.75, 3.05) is 26.8 Å². The van der Waals surface area contributed by atoms with Gasteiger partial charge >= 0.3 is 0 Å². The lowest BCUT2D eigenvalue weighted by molar-refractivity contribution is 0.115. The fourth-order valence-electron chi connectivity index (χ4n) is 2.88. The van der Waals surface area contributed by atoms with Crippen LogP contribution in [0.2, 0.25) is 5.02 Å².